The van der Waals surface area contributed by atoms with E-state index in [1.807, 2.05) is 24.3 Å². The van der Waals surface area contributed by atoms with Crippen LogP contribution < -0.4 is 10.5 Å². The molecule has 3 rings (SSSR count). The molecule has 8 heteroatoms. The predicted molar refractivity (Wildman–Crippen MR) is 117 cm³/mol. The van der Waals surface area contributed by atoms with Crippen molar-refractivity contribution in [2.24, 2.45) is 5.73 Å². The third-order valence-electron chi connectivity index (χ3n) is 4.97. The summed E-state index contributed by atoms with van der Waals surface area (Å²) in [5.41, 5.74) is 8.76. The molecule has 0 atom stereocenters. The smallest absolute Gasteiger partial charge is 0.217 e. The lowest BCUT2D eigenvalue weighted by Crippen LogP contribution is -2.11. The summed E-state index contributed by atoms with van der Waals surface area (Å²) in [5.74, 6) is -2.45. The van der Waals surface area contributed by atoms with Crippen molar-refractivity contribution in [1.29, 1.82) is 0 Å². The number of hydrogen-bond donors (Lipinski definition) is 1. The van der Waals surface area contributed by atoms with E-state index in [0.29, 0.717) is 30.8 Å². The molecule has 0 radical (unpaired) electrons. The Morgan fingerprint density at radius 3 is 2.28 bits per heavy atom. The Labute approximate surface area is 185 Å². The molecular weight excluding hydrogens is 416 g/mol. The molecule has 0 fully saturated rings. The monoisotopic (exact) mass is 441 g/mol. The van der Waals surface area contributed by atoms with Gasteiger partial charge in [-0.05, 0) is 37.0 Å². The zero-order chi connectivity index (χ0) is 23.1. The van der Waals surface area contributed by atoms with E-state index in [9.17, 15) is 13.6 Å². The van der Waals surface area contributed by atoms with Gasteiger partial charge in [0.1, 0.15) is 0 Å². The maximum absolute atomic E-state index is 14.4. The SMILES string of the molecule is COCCCc1cnc(-c2cc(F)c(OC)c(F)c2)c(-c2ccc(CCC(N)=O)cc2)n1. The molecule has 0 unspecified atom stereocenters. The number of ether oxygens (including phenoxy) is 2. The van der Waals surface area contributed by atoms with Crippen molar-refractivity contribution in [2.45, 2.75) is 25.7 Å². The Hall–Kier alpha value is -3.39. The summed E-state index contributed by atoms with van der Waals surface area (Å²) in [6, 6.07) is 9.80. The minimum absolute atomic E-state index is 0.254. The van der Waals surface area contributed by atoms with Gasteiger partial charge in [0.05, 0.1) is 24.2 Å². The molecule has 3 aromatic rings. The molecule has 1 amide bonds. The molecule has 0 aliphatic heterocycles. The number of primary amides is 1. The van der Waals surface area contributed by atoms with Gasteiger partial charge in [-0.2, -0.15) is 0 Å². The molecule has 0 saturated heterocycles. The van der Waals surface area contributed by atoms with Gasteiger partial charge in [-0.25, -0.2) is 13.8 Å². The van der Waals surface area contributed by atoms with E-state index in [1.54, 1.807) is 13.3 Å². The fourth-order valence-electron chi connectivity index (χ4n) is 3.34. The first kappa shape index (κ1) is 23.3. The number of rotatable bonds is 10. The van der Waals surface area contributed by atoms with E-state index in [-0.39, 0.29) is 17.9 Å². The first-order valence-electron chi connectivity index (χ1n) is 10.2. The molecule has 2 aromatic carbocycles. The van der Waals surface area contributed by atoms with Crippen LogP contribution in [-0.2, 0) is 22.4 Å². The van der Waals surface area contributed by atoms with Crippen molar-refractivity contribution in [3.8, 4) is 28.3 Å². The summed E-state index contributed by atoms with van der Waals surface area (Å²) in [7, 11) is 2.84. The average molecular weight is 441 g/mol. The third kappa shape index (κ3) is 5.64. The zero-order valence-electron chi connectivity index (χ0n) is 18.0. The minimum atomic E-state index is -0.818. The number of carbonyl (C=O) groups excluding carboxylic acids is 1. The van der Waals surface area contributed by atoms with E-state index >= 15 is 0 Å². The minimum Gasteiger partial charge on any atom is -0.491 e. The summed E-state index contributed by atoms with van der Waals surface area (Å²) in [4.78, 5) is 20.2. The van der Waals surface area contributed by atoms with E-state index < -0.39 is 17.4 Å². The Morgan fingerprint density at radius 2 is 1.69 bits per heavy atom. The number of nitrogens with zero attached hydrogens (tertiary/aromatic N) is 2. The highest BCUT2D eigenvalue weighted by atomic mass is 19.1. The summed E-state index contributed by atoms with van der Waals surface area (Å²) in [5, 5.41) is 0. The van der Waals surface area contributed by atoms with Crippen LogP contribution in [0.25, 0.3) is 22.5 Å². The van der Waals surface area contributed by atoms with Crippen molar-refractivity contribution in [2.75, 3.05) is 20.8 Å². The molecule has 168 valence electrons. The second-order valence-corrected chi connectivity index (χ2v) is 7.29. The molecule has 0 saturated carbocycles. The first-order chi connectivity index (χ1) is 15.4. The van der Waals surface area contributed by atoms with Gasteiger partial charge in [0.2, 0.25) is 5.91 Å². The summed E-state index contributed by atoms with van der Waals surface area (Å²) < 4.78 is 38.6. The number of amides is 1. The number of halogens is 2. The van der Waals surface area contributed by atoms with Crippen molar-refractivity contribution in [3.05, 3.63) is 65.5 Å². The van der Waals surface area contributed by atoms with E-state index in [2.05, 4.69) is 4.98 Å². The third-order valence-corrected chi connectivity index (χ3v) is 4.97. The molecular formula is C24H25F2N3O3. The zero-order valence-corrected chi connectivity index (χ0v) is 18.0. The van der Waals surface area contributed by atoms with Crippen LogP contribution in [0.4, 0.5) is 8.78 Å². The van der Waals surface area contributed by atoms with Gasteiger partial charge in [-0.1, -0.05) is 24.3 Å². The van der Waals surface area contributed by atoms with Crippen molar-refractivity contribution in [1.82, 2.24) is 9.97 Å². The Bertz CT molecular complexity index is 1070. The van der Waals surface area contributed by atoms with Crippen LogP contribution in [0.2, 0.25) is 0 Å². The van der Waals surface area contributed by atoms with Crippen molar-refractivity contribution < 1.29 is 23.0 Å². The van der Waals surface area contributed by atoms with Crippen LogP contribution in [0, 0.1) is 11.6 Å². The highest BCUT2D eigenvalue weighted by molar-refractivity contribution is 5.78. The number of carbonyl (C=O) groups is 1. The van der Waals surface area contributed by atoms with Gasteiger partial charge in [-0.3, -0.25) is 9.78 Å². The lowest BCUT2D eigenvalue weighted by atomic mass is 10.0. The fraction of sp³-hybridized carbons (Fsp3) is 0.292. The second kappa shape index (κ2) is 10.8. The molecule has 0 aliphatic carbocycles. The van der Waals surface area contributed by atoms with Crippen molar-refractivity contribution >= 4 is 5.91 Å². The maximum Gasteiger partial charge on any atom is 0.217 e. The quantitative estimate of drug-likeness (QED) is 0.479. The topological polar surface area (TPSA) is 87.3 Å². The molecule has 0 spiro atoms. The Morgan fingerprint density at radius 1 is 1.00 bits per heavy atom. The van der Waals surface area contributed by atoms with E-state index in [0.717, 1.165) is 23.2 Å². The Kier molecular flexibility index (Phi) is 7.83. The lowest BCUT2D eigenvalue weighted by molar-refractivity contribution is -0.117. The molecule has 0 aliphatic rings. The van der Waals surface area contributed by atoms with Gasteiger partial charge in [-0.15, -0.1) is 0 Å². The molecule has 0 bridgehead atoms. The van der Waals surface area contributed by atoms with Crippen molar-refractivity contribution in [3.63, 3.8) is 0 Å². The average Bonchev–Trinajstić information content (AvgIpc) is 2.78. The molecule has 2 N–H and O–H groups in total. The van der Waals surface area contributed by atoms with E-state index in [1.165, 1.54) is 19.2 Å². The molecule has 1 heterocycles. The first-order valence-corrected chi connectivity index (χ1v) is 10.2. The van der Waals surface area contributed by atoms with Crippen LogP contribution in [0.3, 0.4) is 0 Å². The highest BCUT2D eigenvalue weighted by Crippen LogP contribution is 2.33. The predicted octanol–water partition coefficient (Wildman–Crippen LogP) is 4.09. The van der Waals surface area contributed by atoms with Gasteiger partial charge in [0.25, 0.3) is 0 Å². The van der Waals surface area contributed by atoms with Crippen LogP contribution in [0.5, 0.6) is 5.75 Å². The van der Waals surface area contributed by atoms with Crippen LogP contribution in [-0.4, -0.2) is 36.7 Å². The van der Waals surface area contributed by atoms with Crippen LogP contribution >= 0.6 is 0 Å². The number of methoxy groups -OCH3 is 2. The molecule has 32 heavy (non-hydrogen) atoms. The van der Waals surface area contributed by atoms with Crippen LogP contribution in [0.1, 0.15) is 24.1 Å². The summed E-state index contributed by atoms with van der Waals surface area (Å²) in [6.07, 6.45) is 3.80. The normalized spacial score (nSPS) is 10.9. The Balaban J connectivity index is 2.03. The highest BCUT2D eigenvalue weighted by Gasteiger charge is 2.18. The standard InChI is InChI=1S/C24H25F2N3O3/c1-31-11-3-4-18-14-28-22(17-12-19(25)24(32-2)20(26)13-17)23(29-18)16-8-5-15(6-9-16)7-10-21(27)30/h5-6,8-9,12-14H,3-4,7,10-11H2,1-2H3,(H2,27,30). The molecule has 6 nitrogen and oxygen atoms in total. The number of benzene rings is 2. The van der Waals surface area contributed by atoms with Gasteiger partial charge < -0.3 is 15.2 Å². The van der Waals surface area contributed by atoms with E-state index in [4.69, 9.17) is 20.2 Å². The fourth-order valence-corrected chi connectivity index (χ4v) is 3.34. The number of aromatic nitrogens is 2. The molecule has 1 aromatic heterocycles. The number of nitrogens with two attached hydrogens (primary N) is 1. The second-order valence-electron chi connectivity index (χ2n) is 7.29. The summed E-state index contributed by atoms with van der Waals surface area (Å²) >= 11 is 0. The maximum atomic E-state index is 14.4. The van der Waals surface area contributed by atoms with Crippen LogP contribution in [0.15, 0.2) is 42.6 Å². The largest absolute Gasteiger partial charge is 0.491 e. The number of aryl methyl sites for hydroxylation is 2. The van der Waals surface area contributed by atoms with Gasteiger partial charge >= 0.3 is 0 Å². The lowest BCUT2D eigenvalue weighted by Gasteiger charge is -2.13. The van der Waals surface area contributed by atoms with Gasteiger partial charge in [0.15, 0.2) is 17.4 Å². The number of hydrogen-bond acceptors (Lipinski definition) is 5. The summed E-state index contributed by atoms with van der Waals surface area (Å²) in [6.45, 7) is 0.586. The van der Waals surface area contributed by atoms with Gasteiger partial charge in [0, 0.05) is 37.5 Å².